The van der Waals surface area contributed by atoms with Gasteiger partial charge in [-0.1, -0.05) is 17.7 Å². The number of β-amino-alcohol motifs (C(OH)–C–C–N with tert-alkyl or cyclic N) is 1. The van der Waals surface area contributed by atoms with Crippen LogP contribution in [0.3, 0.4) is 0 Å². The number of aliphatic hydroxyl groups is 1. The fourth-order valence-corrected chi connectivity index (χ4v) is 4.90. The number of piperazine rings is 1. The van der Waals surface area contributed by atoms with Crippen LogP contribution in [-0.4, -0.2) is 82.0 Å². The van der Waals surface area contributed by atoms with Gasteiger partial charge in [0.2, 0.25) is 0 Å². The predicted octanol–water partition coefficient (Wildman–Crippen LogP) is 1.83. The van der Waals surface area contributed by atoms with Crippen molar-refractivity contribution in [3.63, 3.8) is 0 Å². The normalized spacial score (nSPS) is 21.9. The third-order valence-corrected chi connectivity index (χ3v) is 7.30. The standard InChI is InChI=1S/C22H35N3O3S/c1-29(27,28)22-8-6-21(7-9-22)20-4-2-19(3-5-20)18-23-10-11-24-12-14-25(15-13-24)16-17-26/h6-9,18,20,23,26H,2-5,10-17H2,1H3. The first-order chi connectivity index (χ1) is 14.0. The molecule has 3 rings (SSSR count). The zero-order valence-electron chi connectivity index (χ0n) is 17.5. The molecule has 0 amide bonds. The molecule has 0 spiro atoms. The molecule has 0 radical (unpaired) electrons. The van der Waals surface area contributed by atoms with Crippen LogP contribution in [0.5, 0.6) is 0 Å². The molecule has 29 heavy (non-hydrogen) atoms. The number of rotatable bonds is 8. The monoisotopic (exact) mass is 421 g/mol. The molecule has 6 nitrogen and oxygen atoms in total. The molecule has 1 aromatic carbocycles. The zero-order chi connectivity index (χ0) is 20.7. The van der Waals surface area contributed by atoms with Crippen LogP contribution in [0.25, 0.3) is 0 Å². The van der Waals surface area contributed by atoms with Crippen LogP contribution >= 0.6 is 0 Å². The van der Waals surface area contributed by atoms with E-state index in [-0.39, 0.29) is 6.61 Å². The number of aliphatic hydroxyl groups excluding tert-OH is 1. The molecule has 0 aromatic heterocycles. The summed E-state index contributed by atoms with van der Waals surface area (Å²) >= 11 is 0. The van der Waals surface area contributed by atoms with Gasteiger partial charge < -0.3 is 10.4 Å². The Morgan fingerprint density at radius 3 is 2.17 bits per heavy atom. The number of hydrogen-bond donors (Lipinski definition) is 2. The van der Waals surface area contributed by atoms with Crippen LogP contribution in [0.1, 0.15) is 37.2 Å². The summed E-state index contributed by atoms with van der Waals surface area (Å²) in [6.07, 6.45) is 7.92. The molecule has 0 atom stereocenters. The highest BCUT2D eigenvalue weighted by atomic mass is 32.2. The largest absolute Gasteiger partial charge is 0.395 e. The molecule has 162 valence electrons. The first-order valence-electron chi connectivity index (χ1n) is 10.7. The summed E-state index contributed by atoms with van der Waals surface area (Å²) < 4.78 is 23.2. The van der Waals surface area contributed by atoms with Crippen molar-refractivity contribution in [2.75, 3.05) is 58.7 Å². The van der Waals surface area contributed by atoms with Crippen molar-refractivity contribution in [2.45, 2.75) is 36.5 Å². The molecule has 7 heteroatoms. The number of benzene rings is 1. The van der Waals surface area contributed by atoms with Crippen LogP contribution in [0.4, 0.5) is 0 Å². The highest BCUT2D eigenvalue weighted by Gasteiger charge is 2.19. The van der Waals surface area contributed by atoms with Gasteiger partial charge in [0, 0.05) is 52.1 Å². The molecule has 2 fully saturated rings. The first-order valence-corrected chi connectivity index (χ1v) is 12.6. The Hall–Kier alpha value is -1.41. The van der Waals surface area contributed by atoms with Gasteiger partial charge in [-0.25, -0.2) is 8.42 Å². The number of nitrogens with one attached hydrogen (secondary N) is 1. The molecule has 1 aliphatic carbocycles. The van der Waals surface area contributed by atoms with E-state index in [1.54, 1.807) is 12.1 Å². The van der Waals surface area contributed by atoms with Crippen molar-refractivity contribution in [3.05, 3.63) is 41.6 Å². The Morgan fingerprint density at radius 2 is 1.62 bits per heavy atom. The van der Waals surface area contributed by atoms with Crippen molar-refractivity contribution in [3.8, 4) is 0 Å². The second-order valence-electron chi connectivity index (χ2n) is 8.28. The molecular weight excluding hydrogens is 386 g/mol. The number of allylic oxidation sites excluding steroid dienone is 1. The fraction of sp³-hybridized carbons (Fsp3) is 0.636. The van der Waals surface area contributed by atoms with Crippen LogP contribution in [-0.2, 0) is 9.84 Å². The molecule has 1 heterocycles. The fourth-order valence-electron chi connectivity index (χ4n) is 4.27. The lowest BCUT2D eigenvalue weighted by atomic mass is 9.82. The highest BCUT2D eigenvalue weighted by Crippen LogP contribution is 2.35. The summed E-state index contributed by atoms with van der Waals surface area (Å²) in [4.78, 5) is 5.20. The van der Waals surface area contributed by atoms with Crippen molar-refractivity contribution in [1.82, 2.24) is 15.1 Å². The Kier molecular flexibility index (Phi) is 8.12. The molecule has 2 aliphatic rings. The van der Waals surface area contributed by atoms with E-state index in [1.165, 1.54) is 17.4 Å². The van der Waals surface area contributed by atoms with Gasteiger partial charge in [-0.05, 0) is 55.5 Å². The summed E-state index contributed by atoms with van der Waals surface area (Å²) in [5.41, 5.74) is 2.74. The molecule has 1 saturated heterocycles. The van der Waals surface area contributed by atoms with E-state index in [2.05, 4.69) is 21.3 Å². The zero-order valence-corrected chi connectivity index (χ0v) is 18.3. The van der Waals surface area contributed by atoms with Gasteiger partial charge in [0.25, 0.3) is 0 Å². The number of nitrogens with zero attached hydrogens (tertiary/aromatic N) is 2. The quantitative estimate of drug-likeness (QED) is 0.624. The Balaban J connectivity index is 1.36. The minimum Gasteiger partial charge on any atom is -0.395 e. The molecule has 1 aliphatic heterocycles. The second-order valence-corrected chi connectivity index (χ2v) is 10.3. The lowest BCUT2D eigenvalue weighted by Gasteiger charge is -2.34. The van der Waals surface area contributed by atoms with Crippen molar-refractivity contribution in [1.29, 1.82) is 0 Å². The number of sulfone groups is 1. The lowest BCUT2D eigenvalue weighted by Crippen LogP contribution is -2.48. The summed E-state index contributed by atoms with van der Waals surface area (Å²) in [5.74, 6) is 0.524. The van der Waals surface area contributed by atoms with E-state index in [9.17, 15) is 8.42 Å². The van der Waals surface area contributed by atoms with Gasteiger partial charge >= 0.3 is 0 Å². The molecule has 1 aromatic rings. The first kappa shape index (κ1) is 22.3. The lowest BCUT2D eigenvalue weighted by molar-refractivity contribution is 0.114. The molecule has 1 saturated carbocycles. The van der Waals surface area contributed by atoms with E-state index in [4.69, 9.17) is 5.11 Å². The summed E-state index contributed by atoms with van der Waals surface area (Å²) in [7, 11) is -3.12. The van der Waals surface area contributed by atoms with E-state index < -0.39 is 9.84 Å². The van der Waals surface area contributed by atoms with E-state index >= 15 is 0 Å². The summed E-state index contributed by atoms with van der Waals surface area (Å²) in [6.45, 7) is 7.34. The Labute approximate surface area is 175 Å². The van der Waals surface area contributed by atoms with Gasteiger partial charge in [-0.2, -0.15) is 0 Å². The SMILES string of the molecule is CS(=O)(=O)c1ccc(C2CCC(=CNCCN3CCN(CCO)CC3)CC2)cc1. The maximum atomic E-state index is 11.6. The van der Waals surface area contributed by atoms with Gasteiger partial charge in [-0.3, -0.25) is 9.80 Å². The smallest absolute Gasteiger partial charge is 0.175 e. The van der Waals surface area contributed by atoms with Crippen LogP contribution in [0, 0.1) is 0 Å². The predicted molar refractivity (Wildman–Crippen MR) is 117 cm³/mol. The minimum absolute atomic E-state index is 0.252. The second kappa shape index (κ2) is 10.6. The third-order valence-electron chi connectivity index (χ3n) is 6.17. The molecule has 0 bridgehead atoms. The van der Waals surface area contributed by atoms with E-state index in [0.717, 1.165) is 71.5 Å². The van der Waals surface area contributed by atoms with Crippen molar-refractivity contribution >= 4 is 9.84 Å². The van der Waals surface area contributed by atoms with Crippen LogP contribution < -0.4 is 5.32 Å². The van der Waals surface area contributed by atoms with Gasteiger partial charge in [0.1, 0.15) is 0 Å². The third kappa shape index (κ3) is 6.81. The summed E-state index contributed by atoms with van der Waals surface area (Å²) in [6, 6.07) is 7.44. The molecule has 0 unspecified atom stereocenters. The van der Waals surface area contributed by atoms with Gasteiger partial charge in [0.05, 0.1) is 11.5 Å². The van der Waals surface area contributed by atoms with Crippen LogP contribution in [0.2, 0.25) is 0 Å². The molecule has 2 N–H and O–H groups in total. The minimum atomic E-state index is -3.12. The van der Waals surface area contributed by atoms with Gasteiger partial charge in [-0.15, -0.1) is 0 Å². The van der Waals surface area contributed by atoms with E-state index in [0.29, 0.717) is 10.8 Å². The maximum absolute atomic E-state index is 11.6. The van der Waals surface area contributed by atoms with Crippen molar-refractivity contribution in [2.24, 2.45) is 0 Å². The molecular formula is C22H35N3O3S. The Bertz CT molecular complexity index is 759. The topological polar surface area (TPSA) is 72.9 Å². The number of hydrogen-bond acceptors (Lipinski definition) is 6. The van der Waals surface area contributed by atoms with E-state index in [1.807, 2.05) is 12.1 Å². The highest BCUT2D eigenvalue weighted by molar-refractivity contribution is 7.90. The Morgan fingerprint density at radius 1 is 1.03 bits per heavy atom. The maximum Gasteiger partial charge on any atom is 0.175 e. The average molecular weight is 422 g/mol. The average Bonchev–Trinajstić information content (AvgIpc) is 2.72. The summed E-state index contributed by atoms with van der Waals surface area (Å²) in [5, 5.41) is 12.5. The van der Waals surface area contributed by atoms with Crippen LogP contribution in [0.15, 0.2) is 40.9 Å². The van der Waals surface area contributed by atoms with Gasteiger partial charge in [0.15, 0.2) is 9.84 Å². The van der Waals surface area contributed by atoms with Crippen molar-refractivity contribution < 1.29 is 13.5 Å².